The Morgan fingerprint density at radius 2 is 0.690 bits per heavy atom. The van der Waals surface area contributed by atoms with Crippen LogP contribution in [0.4, 0.5) is 0 Å². The highest BCUT2D eigenvalue weighted by molar-refractivity contribution is 5.71. The minimum atomic E-state index is -0.799. The highest BCUT2D eigenvalue weighted by atomic mass is 16.6. The van der Waals surface area contributed by atoms with Gasteiger partial charge in [-0.1, -0.05) is 170 Å². The molecule has 58 heavy (non-hydrogen) atoms. The van der Waals surface area contributed by atoms with Crippen molar-refractivity contribution in [2.24, 2.45) is 0 Å². The number of carbonyl (C=O) groups is 3. The predicted molar refractivity (Wildman–Crippen MR) is 247 cm³/mol. The molecule has 0 aliphatic heterocycles. The summed E-state index contributed by atoms with van der Waals surface area (Å²) in [5.41, 5.74) is 0. The number of esters is 3. The second-order valence-corrected chi connectivity index (χ2v) is 15.2. The number of hydrogen-bond donors (Lipinski definition) is 0. The number of unbranched alkanes of at least 4 members (excludes halogenated alkanes) is 16. The smallest absolute Gasteiger partial charge is 0.306 e. The normalized spacial score (nSPS) is 12.8. The van der Waals surface area contributed by atoms with Gasteiger partial charge < -0.3 is 14.2 Å². The SMILES string of the molecule is CC/C=C\C/C=C\C/C=C\C/C=C\CCCCCCCCC(=O)OCC(COC(=O)CCC/C=C\CCCCCC)OC(=O)CCCCCCC/C=C\C/C=C\CC. The van der Waals surface area contributed by atoms with Gasteiger partial charge >= 0.3 is 17.9 Å². The lowest BCUT2D eigenvalue weighted by Crippen LogP contribution is -2.30. The fourth-order valence-electron chi connectivity index (χ4n) is 6.12. The summed E-state index contributed by atoms with van der Waals surface area (Å²) in [7, 11) is 0. The third kappa shape index (κ3) is 43.7. The number of hydrogen-bond acceptors (Lipinski definition) is 6. The van der Waals surface area contributed by atoms with E-state index in [4.69, 9.17) is 14.2 Å². The van der Waals surface area contributed by atoms with Crippen molar-refractivity contribution in [3.05, 3.63) is 85.1 Å². The van der Waals surface area contributed by atoms with Crippen molar-refractivity contribution in [2.75, 3.05) is 13.2 Å². The zero-order valence-electron chi connectivity index (χ0n) is 37.5. The van der Waals surface area contributed by atoms with Crippen molar-refractivity contribution in [1.82, 2.24) is 0 Å². The van der Waals surface area contributed by atoms with Crippen LogP contribution in [0.2, 0.25) is 0 Å². The molecule has 1 unspecified atom stereocenters. The molecule has 6 nitrogen and oxygen atoms in total. The van der Waals surface area contributed by atoms with Crippen LogP contribution in [0.15, 0.2) is 85.1 Å². The largest absolute Gasteiger partial charge is 0.462 e. The van der Waals surface area contributed by atoms with E-state index in [1.165, 1.54) is 38.5 Å². The van der Waals surface area contributed by atoms with E-state index in [2.05, 4.69) is 106 Å². The van der Waals surface area contributed by atoms with Gasteiger partial charge in [-0.05, 0) is 103 Å². The van der Waals surface area contributed by atoms with Crippen LogP contribution in [0.5, 0.6) is 0 Å². The summed E-state index contributed by atoms with van der Waals surface area (Å²) < 4.78 is 16.6. The van der Waals surface area contributed by atoms with Gasteiger partial charge in [-0.3, -0.25) is 14.4 Å². The zero-order valence-corrected chi connectivity index (χ0v) is 37.5. The minimum Gasteiger partial charge on any atom is -0.462 e. The average molecular weight is 807 g/mol. The van der Waals surface area contributed by atoms with Crippen molar-refractivity contribution >= 4 is 17.9 Å². The molecule has 6 heteroatoms. The molecule has 0 N–H and O–H groups in total. The van der Waals surface area contributed by atoms with E-state index in [9.17, 15) is 14.4 Å². The van der Waals surface area contributed by atoms with Gasteiger partial charge in [0.2, 0.25) is 0 Å². The Balaban J connectivity index is 4.38. The van der Waals surface area contributed by atoms with Crippen LogP contribution in [-0.2, 0) is 28.6 Å². The molecule has 0 aliphatic rings. The fourth-order valence-corrected chi connectivity index (χ4v) is 6.12. The van der Waals surface area contributed by atoms with Crippen molar-refractivity contribution in [2.45, 2.75) is 213 Å². The number of carbonyl (C=O) groups excluding carboxylic acids is 3. The Hall–Kier alpha value is -3.41. The zero-order chi connectivity index (χ0) is 42.3. The molecule has 1 atom stereocenters. The third-order valence-corrected chi connectivity index (χ3v) is 9.61. The van der Waals surface area contributed by atoms with Gasteiger partial charge in [-0.2, -0.15) is 0 Å². The first-order valence-corrected chi connectivity index (χ1v) is 23.6. The summed E-state index contributed by atoms with van der Waals surface area (Å²) >= 11 is 0. The van der Waals surface area contributed by atoms with E-state index in [1.54, 1.807) is 0 Å². The molecular weight excluding hydrogens is 721 g/mol. The Morgan fingerprint density at radius 1 is 0.362 bits per heavy atom. The summed E-state index contributed by atoms with van der Waals surface area (Å²) in [5.74, 6) is -0.971. The second kappa shape index (κ2) is 46.3. The van der Waals surface area contributed by atoms with Crippen molar-refractivity contribution in [3.63, 3.8) is 0 Å². The highest BCUT2D eigenvalue weighted by Crippen LogP contribution is 2.13. The second-order valence-electron chi connectivity index (χ2n) is 15.2. The van der Waals surface area contributed by atoms with E-state index in [-0.39, 0.29) is 31.1 Å². The minimum absolute atomic E-state index is 0.0995. The third-order valence-electron chi connectivity index (χ3n) is 9.61. The average Bonchev–Trinajstić information content (AvgIpc) is 3.22. The van der Waals surface area contributed by atoms with Crippen molar-refractivity contribution < 1.29 is 28.6 Å². The summed E-state index contributed by atoms with van der Waals surface area (Å²) in [4.78, 5) is 37.7. The molecule has 0 rings (SSSR count). The van der Waals surface area contributed by atoms with E-state index in [0.29, 0.717) is 25.7 Å². The number of ether oxygens (including phenoxy) is 3. The highest BCUT2D eigenvalue weighted by Gasteiger charge is 2.19. The first kappa shape index (κ1) is 54.6. The van der Waals surface area contributed by atoms with Crippen LogP contribution in [0.25, 0.3) is 0 Å². The van der Waals surface area contributed by atoms with Gasteiger partial charge in [0.25, 0.3) is 0 Å². The molecule has 0 amide bonds. The van der Waals surface area contributed by atoms with Crippen LogP contribution in [-0.4, -0.2) is 37.2 Å². The predicted octanol–water partition coefficient (Wildman–Crippen LogP) is 15.3. The molecule has 0 bridgehead atoms. The molecule has 0 heterocycles. The van der Waals surface area contributed by atoms with Gasteiger partial charge in [0, 0.05) is 19.3 Å². The van der Waals surface area contributed by atoms with E-state index >= 15 is 0 Å². The Kier molecular flexibility index (Phi) is 43.6. The molecule has 0 saturated heterocycles. The molecule has 330 valence electrons. The van der Waals surface area contributed by atoms with Gasteiger partial charge in [0.05, 0.1) is 0 Å². The maximum atomic E-state index is 12.7. The maximum Gasteiger partial charge on any atom is 0.306 e. The maximum absolute atomic E-state index is 12.7. The first-order chi connectivity index (χ1) is 28.5. The van der Waals surface area contributed by atoms with Crippen LogP contribution in [0.1, 0.15) is 207 Å². The molecule has 0 aromatic carbocycles. The molecule has 0 spiro atoms. The molecule has 0 fully saturated rings. The monoisotopic (exact) mass is 807 g/mol. The lowest BCUT2D eigenvalue weighted by atomic mass is 10.1. The molecular formula is C52H86O6. The van der Waals surface area contributed by atoms with Crippen molar-refractivity contribution in [3.8, 4) is 0 Å². The van der Waals surface area contributed by atoms with Crippen LogP contribution < -0.4 is 0 Å². The van der Waals surface area contributed by atoms with Gasteiger partial charge in [0.1, 0.15) is 13.2 Å². The standard InChI is InChI=1S/C52H86O6/c1-4-7-10-13-16-19-21-23-24-25-26-27-28-29-31-33-36-39-42-45-51(54)57-48-49(47-56-50(53)44-41-38-35-32-18-15-12-9-6-3)58-52(55)46-43-40-37-34-30-22-20-17-14-11-8-5-2/h7-8,10-11,16-17,19-20,23-24,26-27,32,35,49H,4-6,9,12-15,18,21-22,25,28-31,33-34,36-48H2,1-3H3/b10-7-,11-8-,19-16-,20-17-,24-23-,27-26-,35-32-. The number of allylic oxidation sites excluding steroid dienone is 14. The van der Waals surface area contributed by atoms with Gasteiger partial charge in [-0.15, -0.1) is 0 Å². The van der Waals surface area contributed by atoms with E-state index in [1.807, 2.05) is 0 Å². The Morgan fingerprint density at radius 3 is 1.14 bits per heavy atom. The van der Waals surface area contributed by atoms with Crippen LogP contribution in [0.3, 0.4) is 0 Å². The van der Waals surface area contributed by atoms with Crippen molar-refractivity contribution in [1.29, 1.82) is 0 Å². The topological polar surface area (TPSA) is 78.9 Å². The van der Waals surface area contributed by atoms with Gasteiger partial charge in [-0.25, -0.2) is 0 Å². The molecule has 0 aromatic rings. The Bertz CT molecular complexity index is 1160. The lowest BCUT2D eigenvalue weighted by Gasteiger charge is -2.18. The molecule has 0 saturated carbocycles. The van der Waals surface area contributed by atoms with Crippen LogP contribution >= 0.6 is 0 Å². The number of rotatable bonds is 41. The molecule has 0 aromatic heterocycles. The Labute approximate surface area is 356 Å². The lowest BCUT2D eigenvalue weighted by molar-refractivity contribution is -0.167. The summed E-state index contributed by atoms with van der Waals surface area (Å²) in [5, 5.41) is 0. The van der Waals surface area contributed by atoms with Crippen LogP contribution in [0, 0.1) is 0 Å². The summed E-state index contributed by atoms with van der Waals surface area (Å²) in [6, 6.07) is 0. The van der Waals surface area contributed by atoms with Gasteiger partial charge in [0.15, 0.2) is 6.10 Å². The quantitative estimate of drug-likeness (QED) is 0.0265. The van der Waals surface area contributed by atoms with E-state index < -0.39 is 6.10 Å². The summed E-state index contributed by atoms with van der Waals surface area (Å²) in [6.45, 7) is 6.31. The van der Waals surface area contributed by atoms with E-state index in [0.717, 1.165) is 122 Å². The molecule has 0 radical (unpaired) electrons. The first-order valence-electron chi connectivity index (χ1n) is 23.6. The summed E-state index contributed by atoms with van der Waals surface area (Å²) in [6.07, 6.45) is 58.6. The molecule has 0 aliphatic carbocycles. The fraction of sp³-hybridized carbons (Fsp3) is 0.673.